The Labute approximate surface area is 205 Å². The highest BCUT2D eigenvalue weighted by Gasteiger charge is 2.34. The van der Waals surface area contributed by atoms with E-state index in [1.54, 1.807) is 54.6 Å². The molecule has 3 aromatic rings. The first-order valence-corrected chi connectivity index (χ1v) is 10.9. The third-order valence-electron chi connectivity index (χ3n) is 5.01. The van der Waals surface area contributed by atoms with Crippen LogP contribution in [0.4, 0.5) is 10.1 Å². The van der Waals surface area contributed by atoms with Crippen LogP contribution < -0.4 is 19.7 Å². The Morgan fingerprint density at radius 1 is 1.09 bits per heavy atom. The summed E-state index contributed by atoms with van der Waals surface area (Å²) in [6, 6.07) is 18.1. The number of ether oxygens (including phenoxy) is 2. The highest BCUT2D eigenvalue weighted by molar-refractivity contribution is 7.80. The zero-order valence-electron chi connectivity index (χ0n) is 17.9. The molecular formula is C25H18ClFN2O4S. The minimum atomic E-state index is -0.628. The first-order chi connectivity index (χ1) is 16.4. The number of anilines is 1. The molecule has 6 nitrogen and oxygen atoms in total. The van der Waals surface area contributed by atoms with Crippen LogP contribution in [-0.2, 0) is 16.2 Å². The minimum absolute atomic E-state index is 0.00847. The number of para-hydroxylation sites is 1. The number of carbonyl (C=O) groups excluding carboxylic acids is 2. The highest BCUT2D eigenvalue weighted by Crippen LogP contribution is 2.38. The third-order valence-corrected chi connectivity index (χ3v) is 5.57. The standard InChI is InChI=1S/C25H18ClFN2O4S/c1-32-21-13-15(12-19(26)22(21)33-14-16-7-5-6-10-20(16)27)11-18-23(30)28-25(34)29(24(18)31)17-8-3-2-4-9-17/h2-13H,14H2,1H3,(H,28,30,34)/b18-11+. The molecule has 0 atom stereocenters. The summed E-state index contributed by atoms with van der Waals surface area (Å²) in [5.41, 5.74) is 1.18. The zero-order valence-corrected chi connectivity index (χ0v) is 19.5. The average Bonchev–Trinajstić information content (AvgIpc) is 2.82. The number of nitrogens with zero attached hydrogens (tertiary/aromatic N) is 1. The van der Waals surface area contributed by atoms with Gasteiger partial charge in [-0.05, 0) is 54.2 Å². The van der Waals surface area contributed by atoms with E-state index in [4.69, 9.17) is 33.3 Å². The summed E-state index contributed by atoms with van der Waals surface area (Å²) >= 11 is 11.6. The van der Waals surface area contributed by atoms with Crippen LogP contribution in [0, 0.1) is 5.82 Å². The lowest BCUT2D eigenvalue weighted by Crippen LogP contribution is -2.54. The Morgan fingerprint density at radius 3 is 2.50 bits per heavy atom. The second-order valence-corrected chi connectivity index (χ2v) is 8.00. The highest BCUT2D eigenvalue weighted by atomic mass is 35.5. The van der Waals surface area contributed by atoms with Crippen molar-refractivity contribution in [1.29, 1.82) is 0 Å². The summed E-state index contributed by atoms with van der Waals surface area (Å²) in [6.45, 7) is -0.0619. The maximum Gasteiger partial charge on any atom is 0.270 e. The number of halogens is 2. The molecule has 0 radical (unpaired) electrons. The Balaban J connectivity index is 1.65. The number of hydrogen-bond donors (Lipinski definition) is 1. The number of nitrogens with one attached hydrogen (secondary N) is 1. The molecule has 0 saturated carbocycles. The molecule has 1 heterocycles. The van der Waals surface area contributed by atoms with E-state index in [9.17, 15) is 14.0 Å². The van der Waals surface area contributed by atoms with Gasteiger partial charge in [0, 0.05) is 5.56 Å². The number of benzene rings is 3. The molecule has 1 fully saturated rings. The first-order valence-electron chi connectivity index (χ1n) is 10.1. The smallest absolute Gasteiger partial charge is 0.270 e. The van der Waals surface area contributed by atoms with Crippen molar-refractivity contribution in [2.75, 3.05) is 12.0 Å². The number of methoxy groups -OCH3 is 1. The van der Waals surface area contributed by atoms with Gasteiger partial charge in [-0.15, -0.1) is 0 Å². The van der Waals surface area contributed by atoms with E-state index in [1.807, 2.05) is 0 Å². The van der Waals surface area contributed by atoms with E-state index in [0.29, 0.717) is 16.8 Å². The summed E-state index contributed by atoms with van der Waals surface area (Å²) in [4.78, 5) is 26.9. The van der Waals surface area contributed by atoms with Gasteiger partial charge in [0.05, 0.1) is 17.8 Å². The van der Waals surface area contributed by atoms with Crippen molar-refractivity contribution < 1.29 is 23.5 Å². The van der Waals surface area contributed by atoms with Crippen molar-refractivity contribution in [1.82, 2.24) is 5.32 Å². The summed E-state index contributed by atoms with van der Waals surface area (Å²) < 4.78 is 25.0. The average molecular weight is 497 g/mol. The van der Waals surface area contributed by atoms with Crippen LogP contribution in [0.15, 0.2) is 72.3 Å². The molecule has 3 aromatic carbocycles. The number of rotatable bonds is 6. The zero-order chi connectivity index (χ0) is 24.2. The van der Waals surface area contributed by atoms with Gasteiger partial charge < -0.3 is 9.47 Å². The number of hydrogen-bond acceptors (Lipinski definition) is 5. The molecule has 9 heteroatoms. The molecule has 0 aromatic heterocycles. The molecule has 0 aliphatic carbocycles. The van der Waals surface area contributed by atoms with Crippen LogP contribution in [0.5, 0.6) is 11.5 Å². The van der Waals surface area contributed by atoms with Crippen molar-refractivity contribution in [2.45, 2.75) is 6.61 Å². The van der Waals surface area contributed by atoms with E-state index in [2.05, 4.69) is 5.32 Å². The van der Waals surface area contributed by atoms with Gasteiger partial charge >= 0.3 is 0 Å². The molecule has 0 spiro atoms. The van der Waals surface area contributed by atoms with Crippen LogP contribution in [0.1, 0.15) is 11.1 Å². The van der Waals surface area contributed by atoms with Crippen LogP contribution in [0.25, 0.3) is 6.08 Å². The van der Waals surface area contributed by atoms with Crippen molar-refractivity contribution in [2.24, 2.45) is 0 Å². The van der Waals surface area contributed by atoms with Gasteiger partial charge in [-0.3, -0.25) is 19.8 Å². The van der Waals surface area contributed by atoms with Crippen LogP contribution in [-0.4, -0.2) is 24.0 Å². The largest absolute Gasteiger partial charge is 0.493 e. The van der Waals surface area contributed by atoms with E-state index in [1.165, 1.54) is 30.2 Å². The van der Waals surface area contributed by atoms with Crippen molar-refractivity contribution in [3.63, 3.8) is 0 Å². The topological polar surface area (TPSA) is 67.9 Å². The van der Waals surface area contributed by atoms with Crippen LogP contribution >= 0.6 is 23.8 Å². The maximum atomic E-state index is 13.9. The molecule has 1 aliphatic rings. The Morgan fingerprint density at radius 2 is 1.79 bits per heavy atom. The number of amides is 2. The summed E-state index contributed by atoms with van der Waals surface area (Å²) in [5, 5.41) is 2.69. The molecular weight excluding hydrogens is 479 g/mol. The lowest BCUT2D eigenvalue weighted by atomic mass is 10.1. The second-order valence-electron chi connectivity index (χ2n) is 7.21. The lowest BCUT2D eigenvalue weighted by Gasteiger charge is -2.28. The fourth-order valence-electron chi connectivity index (χ4n) is 3.36. The van der Waals surface area contributed by atoms with Gasteiger partial charge in [0.1, 0.15) is 18.0 Å². The monoisotopic (exact) mass is 496 g/mol. The minimum Gasteiger partial charge on any atom is -0.493 e. The van der Waals surface area contributed by atoms with Gasteiger partial charge in [0.25, 0.3) is 11.8 Å². The normalized spacial score (nSPS) is 14.9. The predicted molar refractivity (Wildman–Crippen MR) is 131 cm³/mol. The molecule has 4 rings (SSSR count). The van der Waals surface area contributed by atoms with E-state index >= 15 is 0 Å². The summed E-state index contributed by atoms with van der Waals surface area (Å²) in [6.07, 6.45) is 1.39. The second kappa shape index (κ2) is 10.0. The van der Waals surface area contributed by atoms with Crippen molar-refractivity contribution in [3.05, 3.63) is 94.3 Å². The third kappa shape index (κ3) is 4.78. The molecule has 1 saturated heterocycles. The molecule has 1 aliphatic heterocycles. The van der Waals surface area contributed by atoms with E-state index in [-0.39, 0.29) is 33.8 Å². The Hall–Kier alpha value is -3.75. The SMILES string of the molecule is COc1cc(/C=C2\C(=O)NC(=S)N(c3ccccc3)C2=O)cc(Cl)c1OCc1ccccc1F. The fraction of sp³-hybridized carbons (Fsp3) is 0.0800. The number of carbonyl (C=O) groups is 2. The van der Waals surface area contributed by atoms with Crippen LogP contribution in [0.3, 0.4) is 0 Å². The van der Waals surface area contributed by atoms with Gasteiger partial charge in [-0.25, -0.2) is 4.39 Å². The molecule has 0 bridgehead atoms. The lowest BCUT2D eigenvalue weighted by molar-refractivity contribution is -0.122. The predicted octanol–water partition coefficient (Wildman–Crippen LogP) is 4.90. The van der Waals surface area contributed by atoms with E-state index < -0.39 is 17.6 Å². The number of thiocarbonyl (C=S) groups is 1. The van der Waals surface area contributed by atoms with Crippen LogP contribution in [0.2, 0.25) is 5.02 Å². The Kier molecular flexibility index (Phi) is 6.90. The molecule has 1 N–H and O–H groups in total. The van der Waals surface area contributed by atoms with E-state index in [0.717, 1.165) is 0 Å². The summed E-state index contributed by atoms with van der Waals surface area (Å²) in [7, 11) is 1.42. The van der Waals surface area contributed by atoms with Gasteiger partial charge in [-0.2, -0.15) is 0 Å². The van der Waals surface area contributed by atoms with Gasteiger partial charge in [-0.1, -0.05) is 48.0 Å². The molecule has 34 heavy (non-hydrogen) atoms. The maximum absolute atomic E-state index is 13.9. The summed E-state index contributed by atoms with van der Waals surface area (Å²) in [5.74, 6) is -1.13. The van der Waals surface area contributed by atoms with Crippen molar-refractivity contribution in [3.8, 4) is 11.5 Å². The van der Waals surface area contributed by atoms with Gasteiger partial charge in [0.15, 0.2) is 16.6 Å². The molecule has 2 amide bonds. The first kappa shape index (κ1) is 23.4. The van der Waals surface area contributed by atoms with Gasteiger partial charge in [0.2, 0.25) is 0 Å². The fourth-order valence-corrected chi connectivity index (χ4v) is 3.92. The molecule has 0 unspecified atom stereocenters. The molecule has 172 valence electrons. The quantitative estimate of drug-likeness (QED) is 0.299. The Bertz CT molecular complexity index is 1310. The van der Waals surface area contributed by atoms with Crippen molar-refractivity contribution >= 4 is 52.5 Å².